The number of carbonyl (C=O) groups is 1. The lowest BCUT2D eigenvalue weighted by molar-refractivity contribution is -0.130. The second-order valence-corrected chi connectivity index (χ2v) is 6.56. The number of nitrogens with one attached hydrogen (secondary N) is 1. The molecule has 0 aromatic carbocycles. The monoisotopic (exact) mass is 238 g/mol. The van der Waals surface area contributed by atoms with Crippen LogP contribution in [0, 0.1) is 23.2 Å². The van der Waals surface area contributed by atoms with Crippen molar-refractivity contribution >= 4 is 5.91 Å². The fourth-order valence-corrected chi connectivity index (χ4v) is 4.25. The summed E-state index contributed by atoms with van der Waals surface area (Å²) in [5, 5.41) is 3.47. The second-order valence-electron chi connectivity index (χ2n) is 6.56. The molecule has 2 aliphatic rings. The fraction of sp³-hybridized carbons (Fsp3) is 0.929. The van der Waals surface area contributed by atoms with Gasteiger partial charge in [-0.15, -0.1) is 0 Å². The van der Waals surface area contributed by atoms with Gasteiger partial charge in [-0.05, 0) is 50.5 Å². The number of hydrogen-bond acceptors (Lipinski definition) is 2. The van der Waals surface area contributed by atoms with Gasteiger partial charge >= 0.3 is 0 Å². The Labute approximate surface area is 105 Å². The first-order chi connectivity index (χ1) is 7.96. The van der Waals surface area contributed by atoms with E-state index in [2.05, 4.69) is 26.2 Å². The number of fused-ring (bicyclic) bond motifs is 2. The Balaban J connectivity index is 2.22. The quantitative estimate of drug-likeness (QED) is 0.772. The summed E-state index contributed by atoms with van der Waals surface area (Å²) in [6.45, 7) is 4.40. The lowest BCUT2D eigenvalue weighted by Crippen LogP contribution is -2.47. The molecule has 98 valence electrons. The first-order valence-corrected chi connectivity index (χ1v) is 6.93. The molecule has 2 aliphatic carbocycles. The molecule has 0 heterocycles. The molecule has 2 fully saturated rings. The predicted octanol–water partition coefficient (Wildman–Crippen LogP) is 1.91. The zero-order chi connectivity index (χ0) is 12.6. The van der Waals surface area contributed by atoms with E-state index in [-0.39, 0.29) is 11.3 Å². The minimum atomic E-state index is -0.271. The zero-order valence-electron chi connectivity index (χ0n) is 11.3. The molecule has 0 saturated heterocycles. The van der Waals surface area contributed by atoms with Gasteiger partial charge in [-0.25, -0.2) is 0 Å². The third-order valence-electron chi connectivity index (χ3n) is 5.17. The molecule has 5 unspecified atom stereocenters. The maximum absolute atomic E-state index is 11.7. The minimum Gasteiger partial charge on any atom is -0.369 e. The highest BCUT2D eigenvalue weighted by Gasteiger charge is 2.45. The van der Waals surface area contributed by atoms with E-state index in [1.54, 1.807) is 0 Å². The maximum Gasteiger partial charge on any atom is 0.223 e. The third kappa shape index (κ3) is 2.35. The molecule has 3 heteroatoms. The minimum absolute atomic E-state index is 0.100. The third-order valence-corrected chi connectivity index (χ3v) is 5.17. The normalized spacial score (nSPS) is 46.3. The van der Waals surface area contributed by atoms with E-state index >= 15 is 0 Å². The van der Waals surface area contributed by atoms with Gasteiger partial charge in [0.1, 0.15) is 0 Å². The maximum atomic E-state index is 11.7. The van der Waals surface area contributed by atoms with Crippen molar-refractivity contribution in [2.24, 2.45) is 28.9 Å². The first kappa shape index (κ1) is 12.9. The smallest absolute Gasteiger partial charge is 0.223 e. The molecule has 2 bridgehead atoms. The van der Waals surface area contributed by atoms with E-state index in [1.165, 1.54) is 19.3 Å². The number of rotatable bonds is 2. The van der Waals surface area contributed by atoms with Gasteiger partial charge in [-0.2, -0.15) is 0 Å². The highest BCUT2D eigenvalue weighted by atomic mass is 16.1. The molecule has 3 N–H and O–H groups in total. The SMILES string of the molecule is CNC1C(C)CCC2CC1CC(C)(C(N)=O)C2. The van der Waals surface area contributed by atoms with E-state index in [0.29, 0.717) is 23.8 Å². The predicted molar refractivity (Wildman–Crippen MR) is 69.4 cm³/mol. The van der Waals surface area contributed by atoms with Crippen LogP contribution in [0.4, 0.5) is 0 Å². The molecular weight excluding hydrogens is 212 g/mol. The highest BCUT2D eigenvalue weighted by molar-refractivity contribution is 5.80. The Morgan fingerprint density at radius 2 is 2.06 bits per heavy atom. The van der Waals surface area contributed by atoms with Crippen LogP contribution >= 0.6 is 0 Å². The van der Waals surface area contributed by atoms with Gasteiger partial charge in [-0.3, -0.25) is 4.79 Å². The summed E-state index contributed by atoms with van der Waals surface area (Å²) in [7, 11) is 2.05. The van der Waals surface area contributed by atoms with Gasteiger partial charge in [-0.1, -0.05) is 20.3 Å². The molecular formula is C14H26N2O. The highest BCUT2D eigenvalue weighted by Crippen LogP contribution is 2.48. The van der Waals surface area contributed by atoms with Crippen LogP contribution in [0.25, 0.3) is 0 Å². The van der Waals surface area contributed by atoms with Gasteiger partial charge in [0.2, 0.25) is 5.91 Å². The van der Waals surface area contributed by atoms with Crippen molar-refractivity contribution in [3.8, 4) is 0 Å². The van der Waals surface area contributed by atoms with Crippen molar-refractivity contribution in [3.63, 3.8) is 0 Å². The van der Waals surface area contributed by atoms with Crippen LogP contribution in [0.15, 0.2) is 0 Å². The topological polar surface area (TPSA) is 55.1 Å². The van der Waals surface area contributed by atoms with E-state index < -0.39 is 0 Å². The van der Waals surface area contributed by atoms with Crippen LogP contribution in [-0.2, 0) is 4.79 Å². The average molecular weight is 238 g/mol. The van der Waals surface area contributed by atoms with Crippen LogP contribution in [0.3, 0.4) is 0 Å². The lowest BCUT2D eigenvalue weighted by atomic mass is 9.64. The van der Waals surface area contributed by atoms with E-state index in [0.717, 1.165) is 12.8 Å². The molecule has 0 aromatic rings. The molecule has 3 nitrogen and oxygen atoms in total. The molecule has 5 atom stereocenters. The zero-order valence-corrected chi connectivity index (χ0v) is 11.3. The fourth-order valence-electron chi connectivity index (χ4n) is 4.25. The molecule has 2 saturated carbocycles. The van der Waals surface area contributed by atoms with E-state index in [1.807, 2.05) is 0 Å². The number of hydrogen-bond donors (Lipinski definition) is 2. The van der Waals surface area contributed by atoms with Gasteiger partial charge < -0.3 is 11.1 Å². The van der Waals surface area contributed by atoms with Gasteiger partial charge in [0, 0.05) is 11.5 Å². The average Bonchev–Trinajstić information content (AvgIpc) is 2.36. The van der Waals surface area contributed by atoms with Crippen molar-refractivity contribution in [1.82, 2.24) is 5.32 Å². The summed E-state index contributed by atoms with van der Waals surface area (Å²) in [6.07, 6.45) is 5.79. The lowest BCUT2D eigenvalue weighted by Gasteiger charge is -2.42. The molecule has 0 radical (unpaired) electrons. The van der Waals surface area contributed by atoms with Crippen LogP contribution in [0.2, 0.25) is 0 Å². The molecule has 1 amide bonds. The summed E-state index contributed by atoms with van der Waals surface area (Å²) in [6, 6.07) is 0.555. The Bertz CT molecular complexity index is 305. The summed E-state index contributed by atoms with van der Waals surface area (Å²) < 4.78 is 0. The van der Waals surface area contributed by atoms with Crippen LogP contribution in [0.1, 0.15) is 46.0 Å². The van der Waals surface area contributed by atoms with Crippen molar-refractivity contribution < 1.29 is 4.79 Å². The van der Waals surface area contributed by atoms with Gasteiger partial charge in [0.05, 0.1) is 0 Å². The summed E-state index contributed by atoms with van der Waals surface area (Å²) in [5.74, 6) is 1.93. The Morgan fingerprint density at radius 1 is 1.35 bits per heavy atom. The Morgan fingerprint density at radius 3 is 2.65 bits per heavy atom. The standard InChI is InChI=1S/C14H26N2O/c1-9-4-5-10-6-11(12(9)16-3)8-14(2,7-10)13(15)17/h9-12,16H,4-8H2,1-3H3,(H2,15,17). The van der Waals surface area contributed by atoms with E-state index in [4.69, 9.17) is 5.73 Å². The first-order valence-electron chi connectivity index (χ1n) is 6.93. The Hall–Kier alpha value is -0.570. The summed E-state index contributed by atoms with van der Waals surface area (Å²) in [5.41, 5.74) is 5.35. The molecule has 0 spiro atoms. The molecule has 2 rings (SSSR count). The van der Waals surface area contributed by atoms with Crippen molar-refractivity contribution in [1.29, 1.82) is 0 Å². The van der Waals surface area contributed by atoms with Crippen molar-refractivity contribution in [3.05, 3.63) is 0 Å². The van der Waals surface area contributed by atoms with E-state index in [9.17, 15) is 4.79 Å². The molecule has 17 heavy (non-hydrogen) atoms. The number of amides is 1. The second kappa shape index (κ2) is 4.60. The number of nitrogens with two attached hydrogens (primary N) is 1. The van der Waals surface area contributed by atoms with Crippen LogP contribution in [-0.4, -0.2) is 19.0 Å². The van der Waals surface area contributed by atoms with Gasteiger partial charge in [0.15, 0.2) is 0 Å². The summed E-state index contributed by atoms with van der Waals surface area (Å²) >= 11 is 0. The Kier molecular flexibility index (Phi) is 3.48. The number of primary amides is 1. The van der Waals surface area contributed by atoms with Crippen molar-refractivity contribution in [2.45, 2.75) is 52.0 Å². The largest absolute Gasteiger partial charge is 0.369 e. The van der Waals surface area contributed by atoms with Crippen LogP contribution in [0.5, 0.6) is 0 Å². The number of carbonyl (C=O) groups excluding carboxylic acids is 1. The molecule has 0 aliphatic heterocycles. The summed E-state index contributed by atoms with van der Waals surface area (Å²) in [4.78, 5) is 11.7. The molecule has 0 aromatic heterocycles. The van der Waals surface area contributed by atoms with Crippen molar-refractivity contribution in [2.75, 3.05) is 7.05 Å². The van der Waals surface area contributed by atoms with Crippen LogP contribution < -0.4 is 11.1 Å². The van der Waals surface area contributed by atoms with Gasteiger partial charge in [0.25, 0.3) is 0 Å².